The predicted molar refractivity (Wildman–Crippen MR) is 35.0 cm³/mol. The van der Waals surface area contributed by atoms with E-state index in [1.54, 1.807) is 0 Å². The lowest BCUT2D eigenvalue weighted by Gasteiger charge is -2.29. The smallest absolute Gasteiger partial charge is 0.222 e. The van der Waals surface area contributed by atoms with E-state index in [0.29, 0.717) is 17.7 Å². The molecule has 1 N–H and O–H groups in total. The molecule has 1 aliphatic heterocycles. The minimum Gasteiger partial charge on any atom is -0.352 e. The summed E-state index contributed by atoms with van der Waals surface area (Å²) in [4.78, 5) is 10.3. The highest BCUT2D eigenvalue weighted by atomic mass is 32.1. The van der Waals surface area contributed by atoms with E-state index in [4.69, 9.17) is 0 Å². The Bertz CT molecular complexity index is 105. The second kappa shape index (κ2) is 1.97. The van der Waals surface area contributed by atoms with Crippen molar-refractivity contribution >= 4 is 18.5 Å². The van der Waals surface area contributed by atoms with Crippen LogP contribution in [0.25, 0.3) is 0 Å². The van der Waals surface area contributed by atoms with Crippen molar-refractivity contribution in [2.45, 2.75) is 24.6 Å². The number of amides is 1. The molecule has 0 spiro atoms. The molecule has 1 heterocycles. The van der Waals surface area contributed by atoms with Crippen LogP contribution < -0.4 is 5.32 Å². The number of carbonyl (C=O) groups excluding carboxylic acids is 1. The van der Waals surface area contributed by atoms with E-state index in [9.17, 15) is 4.79 Å². The van der Waals surface area contributed by atoms with E-state index < -0.39 is 0 Å². The van der Waals surface area contributed by atoms with Gasteiger partial charge in [0, 0.05) is 17.7 Å². The monoisotopic (exact) mass is 131 g/mol. The Morgan fingerprint density at radius 2 is 2.50 bits per heavy atom. The van der Waals surface area contributed by atoms with Crippen LogP contribution >= 0.6 is 12.6 Å². The third kappa shape index (κ3) is 0.968. The Morgan fingerprint density at radius 3 is 2.62 bits per heavy atom. The molecule has 1 amide bonds. The van der Waals surface area contributed by atoms with Gasteiger partial charge >= 0.3 is 0 Å². The topological polar surface area (TPSA) is 29.1 Å². The average molecular weight is 131 g/mol. The fourth-order valence-electron chi connectivity index (χ4n) is 0.677. The van der Waals surface area contributed by atoms with Crippen molar-refractivity contribution in [2.75, 3.05) is 0 Å². The maximum Gasteiger partial charge on any atom is 0.222 e. The summed E-state index contributed by atoms with van der Waals surface area (Å²) in [6, 6.07) is 0.325. The van der Waals surface area contributed by atoms with E-state index in [-0.39, 0.29) is 5.91 Å². The largest absolute Gasteiger partial charge is 0.352 e. The van der Waals surface area contributed by atoms with Crippen LogP contribution in [0.15, 0.2) is 0 Å². The van der Waals surface area contributed by atoms with Crippen LogP contribution in [-0.4, -0.2) is 17.2 Å². The molecule has 2 nitrogen and oxygen atoms in total. The van der Waals surface area contributed by atoms with E-state index in [2.05, 4.69) is 17.9 Å². The van der Waals surface area contributed by atoms with Gasteiger partial charge in [-0.2, -0.15) is 12.6 Å². The summed E-state index contributed by atoms with van der Waals surface area (Å²) >= 11 is 4.15. The number of nitrogens with one attached hydrogen (secondary N) is 1. The molecule has 0 saturated carbocycles. The molecule has 3 heteroatoms. The molecule has 0 aliphatic carbocycles. The summed E-state index contributed by atoms with van der Waals surface area (Å²) in [7, 11) is 0. The Kier molecular flexibility index (Phi) is 1.47. The minimum absolute atomic E-state index is 0.149. The third-order valence-corrected chi connectivity index (χ3v) is 1.69. The summed E-state index contributed by atoms with van der Waals surface area (Å²) in [5, 5.41) is 3.03. The van der Waals surface area contributed by atoms with Gasteiger partial charge in [-0.1, -0.05) is 6.92 Å². The molecule has 0 aromatic carbocycles. The van der Waals surface area contributed by atoms with Crippen molar-refractivity contribution in [2.24, 2.45) is 0 Å². The van der Waals surface area contributed by atoms with Gasteiger partial charge in [-0.05, 0) is 0 Å². The maximum absolute atomic E-state index is 10.3. The van der Waals surface area contributed by atoms with Crippen molar-refractivity contribution in [1.82, 2.24) is 5.32 Å². The summed E-state index contributed by atoms with van der Waals surface area (Å²) < 4.78 is 0. The average Bonchev–Trinajstić information content (AvgIpc) is 1.57. The lowest BCUT2D eigenvalue weighted by atomic mass is 10.0. The molecule has 8 heavy (non-hydrogen) atoms. The van der Waals surface area contributed by atoms with Crippen LogP contribution in [0.4, 0.5) is 0 Å². The van der Waals surface area contributed by atoms with Gasteiger partial charge in [0.25, 0.3) is 0 Å². The Labute approximate surface area is 54.1 Å². The Morgan fingerprint density at radius 1 is 2.00 bits per heavy atom. The number of thiol groups is 1. The molecule has 1 fully saturated rings. The summed E-state index contributed by atoms with van der Waals surface area (Å²) in [6.45, 7) is 1.98. The number of β-lactam (4-membered cyclic amide) rings is 1. The van der Waals surface area contributed by atoms with Gasteiger partial charge in [0.1, 0.15) is 0 Å². The van der Waals surface area contributed by atoms with E-state index >= 15 is 0 Å². The summed E-state index contributed by atoms with van der Waals surface area (Å²) in [6.07, 6.45) is 0.657. The Balaban J connectivity index is 2.25. The maximum atomic E-state index is 10.3. The molecule has 0 aromatic rings. The molecular weight excluding hydrogens is 122 g/mol. The SMILES string of the molecule is CC(S)C1CC(=O)N1. The second-order valence-electron chi connectivity index (χ2n) is 2.12. The highest BCUT2D eigenvalue weighted by Gasteiger charge is 2.27. The molecule has 2 atom stereocenters. The quantitative estimate of drug-likeness (QED) is 0.386. The first kappa shape index (κ1) is 5.95. The fourth-order valence-corrected chi connectivity index (χ4v) is 0.856. The van der Waals surface area contributed by atoms with E-state index in [1.807, 2.05) is 6.92 Å². The number of hydrogen-bond acceptors (Lipinski definition) is 2. The molecule has 0 bridgehead atoms. The first-order valence-electron chi connectivity index (χ1n) is 2.67. The fraction of sp³-hybridized carbons (Fsp3) is 0.800. The summed E-state index contributed by atoms with van der Waals surface area (Å²) in [5.41, 5.74) is 0. The standard InChI is InChI=1S/C5H9NOS/c1-3(8)4-2-5(7)6-4/h3-4,8H,2H2,1H3,(H,6,7). The highest BCUT2D eigenvalue weighted by molar-refractivity contribution is 7.81. The second-order valence-corrected chi connectivity index (χ2v) is 2.93. The molecule has 1 saturated heterocycles. The van der Waals surface area contributed by atoms with Crippen LogP contribution in [0.3, 0.4) is 0 Å². The first-order chi connectivity index (χ1) is 3.70. The molecule has 0 radical (unpaired) electrons. The number of rotatable bonds is 1. The minimum atomic E-state index is 0.149. The van der Waals surface area contributed by atoms with Gasteiger partial charge < -0.3 is 5.32 Å². The van der Waals surface area contributed by atoms with Crippen molar-refractivity contribution in [1.29, 1.82) is 0 Å². The van der Waals surface area contributed by atoms with E-state index in [1.165, 1.54) is 0 Å². The number of hydrogen-bond donors (Lipinski definition) is 2. The van der Waals surface area contributed by atoms with Gasteiger partial charge in [0.2, 0.25) is 5.91 Å². The van der Waals surface area contributed by atoms with E-state index in [0.717, 1.165) is 0 Å². The van der Waals surface area contributed by atoms with Crippen LogP contribution in [0.1, 0.15) is 13.3 Å². The van der Waals surface area contributed by atoms with Gasteiger partial charge in [-0.25, -0.2) is 0 Å². The van der Waals surface area contributed by atoms with Crippen LogP contribution in [0.2, 0.25) is 0 Å². The van der Waals surface area contributed by atoms with Gasteiger partial charge in [0.15, 0.2) is 0 Å². The van der Waals surface area contributed by atoms with Crippen LogP contribution in [0, 0.1) is 0 Å². The zero-order valence-corrected chi connectivity index (χ0v) is 5.61. The Hall–Kier alpha value is -0.180. The molecule has 0 aromatic heterocycles. The van der Waals surface area contributed by atoms with Crippen molar-refractivity contribution in [3.05, 3.63) is 0 Å². The van der Waals surface area contributed by atoms with Crippen molar-refractivity contribution in [3.8, 4) is 0 Å². The molecular formula is C5H9NOS. The zero-order valence-electron chi connectivity index (χ0n) is 4.72. The molecule has 2 unspecified atom stereocenters. The van der Waals surface area contributed by atoms with Gasteiger partial charge in [-0.3, -0.25) is 4.79 Å². The normalized spacial score (nSPS) is 30.8. The van der Waals surface area contributed by atoms with Gasteiger partial charge in [0.05, 0.1) is 0 Å². The third-order valence-electron chi connectivity index (χ3n) is 1.33. The predicted octanol–water partition coefficient (Wildman–Crippen LogP) is 0.193. The van der Waals surface area contributed by atoms with Crippen LogP contribution in [0.5, 0.6) is 0 Å². The molecule has 1 rings (SSSR count). The van der Waals surface area contributed by atoms with Crippen molar-refractivity contribution < 1.29 is 4.79 Å². The zero-order chi connectivity index (χ0) is 6.15. The summed E-state index contributed by atoms with van der Waals surface area (Å²) in [5.74, 6) is 0.149. The highest BCUT2D eigenvalue weighted by Crippen LogP contribution is 2.12. The van der Waals surface area contributed by atoms with Gasteiger partial charge in [-0.15, -0.1) is 0 Å². The number of carbonyl (C=O) groups is 1. The lowest BCUT2D eigenvalue weighted by molar-refractivity contribution is -0.128. The molecule has 46 valence electrons. The van der Waals surface area contributed by atoms with Crippen LogP contribution in [-0.2, 0) is 4.79 Å². The lowest BCUT2D eigenvalue weighted by Crippen LogP contribution is -2.52. The van der Waals surface area contributed by atoms with Crippen molar-refractivity contribution in [3.63, 3.8) is 0 Å². The molecule has 1 aliphatic rings. The first-order valence-corrected chi connectivity index (χ1v) is 3.19.